The van der Waals surface area contributed by atoms with Crippen molar-refractivity contribution in [2.45, 2.75) is 65.1 Å². The van der Waals surface area contributed by atoms with Crippen LogP contribution in [-0.2, 0) is 4.74 Å². The van der Waals surface area contributed by atoms with Crippen LogP contribution in [0.15, 0.2) is 12.7 Å². The predicted molar refractivity (Wildman–Crippen MR) is 82.8 cm³/mol. The second-order valence-electron chi connectivity index (χ2n) is 6.81. The number of carbonyl (C=O) groups excluding carboxylic acids is 1. The van der Waals surface area contributed by atoms with E-state index in [4.69, 9.17) is 4.74 Å². The van der Waals surface area contributed by atoms with Gasteiger partial charge in [0.25, 0.3) is 0 Å². The van der Waals surface area contributed by atoms with E-state index >= 15 is 0 Å². The first kappa shape index (κ1) is 17.0. The van der Waals surface area contributed by atoms with Crippen molar-refractivity contribution >= 4 is 6.09 Å². The molecule has 1 saturated heterocycles. The summed E-state index contributed by atoms with van der Waals surface area (Å²) in [4.78, 5) is 14.0. The van der Waals surface area contributed by atoms with Gasteiger partial charge in [0, 0.05) is 25.2 Å². The van der Waals surface area contributed by atoms with Crippen LogP contribution in [0.3, 0.4) is 0 Å². The van der Waals surface area contributed by atoms with Gasteiger partial charge in [-0.1, -0.05) is 6.08 Å². The molecule has 4 nitrogen and oxygen atoms in total. The molecule has 1 aliphatic heterocycles. The topological polar surface area (TPSA) is 41.6 Å². The number of piperidine rings is 1. The molecule has 3 unspecified atom stereocenters. The van der Waals surface area contributed by atoms with Gasteiger partial charge in [0.15, 0.2) is 0 Å². The summed E-state index contributed by atoms with van der Waals surface area (Å²) in [5.41, 5.74) is -0.425. The van der Waals surface area contributed by atoms with Crippen molar-refractivity contribution in [2.75, 3.05) is 13.1 Å². The number of rotatable bonds is 4. The van der Waals surface area contributed by atoms with Crippen molar-refractivity contribution in [3.8, 4) is 0 Å². The lowest BCUT2D eigenvalue weighted by Gasteiger charge is -2.37. The van der Waals surface area contributed by atoms with Gasteiger partial charge in [0.05, 0.1) is 0 Å². The Balaban J connectivity index is 2.53. The van der Waals surface area contributed by atoms with Gasteiger partial charge in [-0.25, -0.2) is 4.79 Å². The largest absolute Gasteiger partial charge is 0.444 e. The molecule has 3 atom stereocenters. The molecule has 1 rings (SSSR count). The van der Waals surface area contributed by atoms with Crippen LogP contribution in [0.5, 0.6) is 0 Å². The zero-order valence-corrected chi connectivity index (χ0v) is 13.6. The van der Waals surface area contributed by atoms with E-state index in [1.54, 1.807) is 0 Å². The predicted octanol–water partition coefficient (Wildman–Crippen LogP) is 3.19. The molecule has 0 spiro atoms. The number of nitrogens with one attached hydrogen (secondary N) is 1. The molecule has 1 aliphatic rings. The molecule has 1 amide bonds. The second kappa shape index (κ2) is 7.11. The number of carbonyl (C=O) groups is 1. The Morgan fingerprint density at radius 2 is 2.10 bits per heavy atom. The summed E-state index contributed by atoms with van der Waals surface area (Å²) >= 11 is 0. The smallest absolute Gasteiger partial charge is 0.410 e. The lowest BCUT2D eigenvalue weighted by atomic mass is 9.91. The molecule has 116 valence electrons. The minimum absolute atomic E-state index is 0.189. The average molecular weight is 282 g/mol. The first-order chi connectivity index (χ1) is 9.23. The molecule has 4 heteroatoms. The molecule has 0 aromatic carbocycles. The van der Waals surface area contributed by atoms with Gasteiger partial charge in [-0.3, -0.25) is 0 Å². The molecule has 0 aromatic heterocycles. The van der Waals surface area contributed by atoms with Gasteiger partial charge in [0.1, 0.15) is 5.60 Å². The summed E-state index contributed by atoms with van der Waals surface area (Å²) in [7, 11) is 0. The normalized spacial score (nSPS) is 23.1. The summed E-state index contributed by atoms with van der Waals surface area (Å²) in [6, 6.07) is 0.662. The molecule has 0 bridgehead atoms. The zero-order valence-electron chi connectivity index (χ0n) is 13.6. The quantitative estimate of drug-likeness (QED) is 0.805. The van der Waals surface area contributed by atoms with Crippen molar-refractivity contribution in [3.63, 3.8) is 0 Å². The highest BCUT2D eigenvalue weighted by Gasteiger charge is 2.30. The minimum atomic E-state index is -0.425. The number of hydrogen-bond acceptors (Lipinski definition) is 3. The van der Waals surface area contributed by atoms with Crippen LogP contribution < -0.4 is 5.32 Å². The third kappa shape index (κ3) is 5.53. The Labute approximate surface area is 123 Å². The Morgan fingerprint density at radius 1 is 1.45 bits per heavy atom. The highest BCUT2D eigenvalue weighted by molar-refractivity contribution is 5.68. The Morgan fingerprint density at radius 3 is 2.65 bits per heavy atom. The summed E-state index contributed by atoms with van der Waals surface area (Å²) in [5, 5.41) is 3.51. The van der Waals surface area contributed by atoms with Gasteiger partial charge < -0.3 is 15.0 Å². The number of ether oxygens (including phenoxy) is 1. The van der Waals surface area contributed by atoms with Gasteiger partial charge in [-0.05, 0) is 53.4 Å². The van der Waals surface area contributed by atoms with Gasteiger partial charge >= 0.3 is 6.09 Å². The van der Waals surface area contributed by atoms with Crippen molar-refractivity contribution in [3.05, 3.63) is 12.7 Å². The first-order valence-corrected chi connectivity index (χ1v) is 7.59. The van der Waals surface area contributed by atoms with Gasteiger partial charge in [-0.15, -0.1) is 6.58 Å². The fraction of sp³-hybridized carbons (Fsp3) is 0.812. The Kier molecular flexibility index (Phi) is 6.06. The van der Waals surface area contributed by atoms with E-state index in [1.165, 1.54) is 0 Å². The molecular formula is C16H30N2O2. The van der Waals surface area contributed by atoms with Crippen molar-refractivity contribution in [1.82, 2.24) is 10.2 Å². The maximum Gasteiger partial charge on any atom is 0.410 e. The number of hydrogen-bond donors (Lipinski definition) is 1. The molecular weight excluding hydrogens is 252 g/mol. The highest BCUT2D eigenvalue weighted by Crippen LogP contribution is 2.22. The second-order valence-corrected chi connectivity index (χ2v) is 6.81. The maximum absolute atomic E-state index is 12.1. The van der Waals surface area contributed by atoms with E-state index in [2.05, 4.69) is 25.7 Å². The summed E-state index contributed by atoms with van der Waals surface area (Å²) in [5.74, 6) is 0.471. The van der Waals surface area contributed by atoms with Crippen LogP contribution in [0.2, 0.25) is 0 Å². The third-order valence-electron chi connectivity index (χ3n) is 3.70. The maximum atomic E-state index is 12.1. The molecule has 1 N–H and O–H groups in total. The van der Waals surface area contributed by atoms with E-state index in [0.29, 0.717) is 18.0 Å². The van der Waals surface area contributed by atoms with Crippen molar-refractivity contribution < 1.29 is 9.53 Å². The standard InChI is InChI=1S/C16H30N2O2/c1-7-12(2)17-13(3)14-9-8-10-18(11-14)15(19)20-16(4,5)6/h7,12-14,17H,1,8-11H2,2-6H3. The van der Waals surface area contributed by atoms with Crippen LogP contribution in [0.4, 0.5) is 4.79 Å². The summed E-state index contributed by atoms with van der Waals surface area (Å²) in [6.07, 6.45) is 3.91. The average Bonchev–Trinajstić information content (AvgIpc) is 2.36. The Hall–Kier alpha value is -1.03. The highest BCUT2D eigenvalue weighted by atomic mass is 16.6. The van der Waals surface area contributed by atoms with Crippen LogP contribution in [0, 0.1) is 5.92 Å². The SMILES string of the molecule is C=CC(C)NC(C)C1CCCN(C(=O)OC(C)(C)C)C1. The lowest BCUT2D eigenvalue weighted by molar-refractivity contribution is 0.0147. The molecule has 0 saturated carbocycles. The number of amides is 1. The molecule has 0 radical (unpaired) electrons. The van der Waals surface area contributed by atoms with Gasteiger partial charge in [0.2, 0.25) is 0 Å². The minimum Gasteiger partial charge on any atom is -0.444 e. The molecule has 0 aromatic rings. The summed E-state index contributed by atoms with van der Waals surface area (Å²) in [6.45, 7) is 15.4. The van der Waals surface area contributed by atoms with Crippen LogP contribution >= 0.6 is 0 Å². The van der Waals surface area contributed by atoms with Crippen LogP contribution in [0.25, 0.3) is 0 Å². The van der Waals surface area contributed by atoms with E-state index < -0.39 is 5.60 Å². The van der Waals surface area contributed by atoms with Crippen LogP contribution in [0.1, 0.15) is 47.5 Å². The fourth-order valence-electron chi connectivity index (χ4n) is 2.53. The summed E-state index contributed by atoms with van der Waals surface area (Å²) < 4.78 is 5.46. The number of likely N-dealkylation sites (tertiary alicyclic amines) is 1. The van der Waals surface area contributed by atoms with Crippen molar-refractivity contribution in [1.29, 1.82) is 0 Å². The monoisotopic (exact) mass is 282 g/mol. The first-order valence-electron chi connectivity index (χ1n) is 7.59. The number of nitrogens with zero attached hydrogens (tertiary/aromatic N) is 1. The van der Waals surface area contributed by atoms with E-state index in [1.807, 2.05) is 31.7 Å². The van der Waals surface area contributed by atoms with Crippen molar-refractivity contribution in [2.24, 2.45) is 5.92 Å². The zero-order chi connectivity index (χ0) is 15.3. The fourth-order valence-corrected chi connectivity index (χ4v) is 2.53. The molecule has 1 heterocycles. The van der Waals surface area contributed by atoms with Crippen LogP contribution in [-0.4, -0.2) is 41.8 Å². The van der Waals surface area contributed by atoms with E-state index in [-0.39, 0.29) is 6.09 Å². The lowest BCUT2D eigenvalue weighted by Crippen LogP contribution is -2.49. The third-order valence-corrected chi connectivity index (χ3v) is 3.70. The molecule has 1 fully saturated rings. The van der Waals surface area contributed by atoms with Gasteiger partial charge in [-0.2, -0.15) is 0 Å². The van der Waals surface area contributed by atoms with E-state index in [0.717, 1.165) is 25.9 Å². The molecule has 0 aliphatic carbocycles. The molecule has 20 heavy (non-hydrogen) atoms. The van der Waals surface area contributed by atoms with E-state index in [9.17, 15) is 4.79 Å². The Bertz CT molecular complexity index is 336.